The molecule has 1 aromatic carbocycles. The normalized spacial score (nSPS) is 22.1. The fourth-order valence-electron chi connectivity index (χ4n) is 2.95. The molecule has 4 heteroatoms. The fraction of sp³-hybridized carbons (Fsp3) is 0.562. The Bertz CT molecular complexity index is 492. The van der Waals surface area contributed by atoms with Crippen molar-refractivity contribution in [1.29, 1.82) is 0 Å². The average Bonchev–Trinajstić information content (AvgIpc) is 2.80. The molecule has 1 N–H and O–H groups in total. The van der Waals surface area contributed by atoms with Crippen LogP contribution in [0.1, 0.15) is 40.7 Å². The minimum Gasteiger partial charge on any atom is -0.393 e. The van der Waals surface area contributed by atoms with E-state index < -0.39 is 0 Å². The standard InChI is InChI=1S/C16H22FNO2/c1-10-7-13(8-11(2)15(10)17)16(20)18(3)9-12-5-4-6-14(12)19/h7-8,12,14,19H,4-6,9H2,1-3H3. The number of carbonyl (C=O) groups is 1. The number of carbonyl (C=O) groups excluding carboxylic acids is 1. The zero-order valence-corrected chi connectivity index (χ0v) is 12.3. The molecule has 0 bridgehead atoms. The van der Waals surface area contributed by atoms with Crippen LogP contribution in [0.25, 0.3) is 0 Å². The van der Waals surface area contributed by atoms with Gasteiger partial charge in [0.05, 0.1) is 6.10 Å². The summed E-state index contributed by atoms with van der Waals surface area (Å²) in [5.74, 6) is -0.211. The molecule has 0 aliphatic heterocycles. The van der Waals surface area contributed by atoms with Crippen molar-refractivity contribution in [1.82, 2.24) is 4.90 Å². The lowest BCUT2D eigenvalue weighted by molar-refractivity contribution is 0.0693. The maximum absolute atomic E-state index is 13.6. The molecule has 1 aliphatic rings. The van der Waals surface area contributed by atoms with Crippen molar-refractivity contribution in [3.63, 3.8) is 0 Å². The molecule has 20 heavy (non-hydrogen) atoms. The SMILES string of the molecule is Cc1cc(C(=O)N(C)CC2CCCC2O)cc(C)c1F. The lowest BCUT2D eigenvalue weighted by atomic mass is 10.0. The van der Waals surface area contributed by atoms with Crippen LogP contribution in [0.3, 0.4) is 0 Å². The topological polar surface area (TPSA) is 40.5 Å². The van der Waals surface area contributed by atoms with Gasteiger partial charge in [-0.15, -0.1) is 0 Å². The summed E-state index contributed by atoms with van der Waals surface area (Å²) in [6.45, 7) is 3.88. The summed E-state index contributed by atoms with van der Waals surface area (Å²) in [4.78, 5) is 14.0. The Kier molecular flexibility index (Phi) is 4.43. The molecule has 1 saturated carbocycles. The van der Waals surface area contributed by atoms with E-state index in [9.17, 15) is 14.3 Å². The van der Waals surface area contributed by atoms with Gasteiger partial charge in [-0.3, -0.25) is 4.79 Å². The van der Waals surface area contributed by atoms with Crippen LogP contribution in [0.4, 0.5) is 4.39 Å². The van der Waals surface area contributed by atoms with E-state index in [0.29, 0.717) is 23.2 Å². The highest BCUT2D eigenvalue weighted by atomic mass is 19.1. The third kappa shape index (κ3) is 3.01. The molecule has 3 nitrogen and oxygen atoms in total. The summed E-state index contributed by atoms with van der Waals surface area (Å²) in [6, 6.07) is 3.18. The van der Waals surface area contributed by atoms with Crippen LogP contribution in [0, 0.1) is 25.6 Å². The van der Waals surface area contributed by atoms with Gasteiger partial charge in [-0.1, -0.05) is 6.42 Å². The highest BCUT2D eigenvalue weighted by Gasteiger charge is 2.27. The fourth-order valence-corrected chi connectivity index (χ4v) is 2.95. The van der Waals surface area contributed by atoms with Crippen LogP contribution in [-0.4, -0.2) is 35.6 Å². The van der Waals surface area contributed by atoms with Gasteiger partial charge in [-0.05, 0) is 49.9 Å². The van der Waals surface area contributed by atoms with Gasteiger partial charge in [0, 0.05) is 25.1 Å². The highest BCUT2D eigenvalue weighted by Crippen LogP contribution is 2.26. The summed E-state index contributed by atoms with van der Waals surface area (Å²) in [6.07, 6.45) is 2.49. The van der Waals surface area contributed by atoms with Crippen molar-refractivity contribution in [3.05, 3.63) is 34.6 Å². The molecular weight excluding hydrogens is 257 g/mol. The lowest BCUT2D eigenvalue weighted by Gasteiger charge is -2.23. The predicted molar refractivity (Wildman–Crippen MR) is 76.2 cm³/mol. The number of aryl methyl sites for hydroxylation is 2. The number of halogens is 1. The molecule has 1 aliphatic carbocycles. The molecule has 0 radical (unpaired) electrons. The largest absolute Gasteiger partial charge is 0.393 e. The van der Waals surface area contributed by atoms with Crippen molar-refractivity contribution in [2.45, 2.75) is 39.2 Å². The minimum absolute atomic E-state index is 0.115. The zero-order valence-electron chi connectivity index (χ0n) is 12.3. The molecular formula is C16H22FNO2. The van der Waals surface area contributed by atoms with Gasteiger partial charge in [0.15, 0.2) is 0 Å². The highest BCUT2D eigenvalue weighted by molar-refractivity contribution is 5.94. The number of amides is 1. The molecule has 1 fully saturated rings. The summed E-state index contributed by atoms with van der Waals surface area (Å²) >= 11 is 0. The molecule has 1 aromatic rings. The number of hydrogen-bond acceptors (Lipinski definition) is 2. The van der Waals surface area contributed by atoms with Gasteiger partial charge < -0.3 is 10.0 Å². The quantitative estimate of drug-likeness (QED) is 0.924. The van der Waals surface area contributed by atoms with Crippen molar-refractivity contribution < 1.29 is 14.3 Å². The number of benzene rings is 1. The Labute approximate surface area is 119 Å². The first kappa shape index (κ1) is 15.0. The summed E-state index contributed by atoms with van der Waals surface area (Å²) < 4.78 is 13.6. The molecule has 2 unspecified atom stereocenters. The van der Waals surface area contributed by atoms with Crippen LogP contribution in [0.5, 0.6) is 0 Å². The van der Waals surface area contributed by atoms with Crippen LogP contribution < -0.4 is 0 Å². The number of aliphatic hydroxyl groups excluding tert-OH is 1. The first-order valence-electron chi connectivity index (χ1n) is 7.10. The van der Waals surface area contributed by atoms with E-state index in [1.165, 1.54) is 0 Å². The Morgan fingerprint density at radius 3 is 2.45 bits per heavy atom. The van der Waals surface area contributed by atoms with E-state index in [2.05, 4.69) is 0 Å². The van der Waals surface area contributed by atoms with E-state index >= 15 is 0 Å². The Morgan fingerprint density at radius 2 is 1.95 bits per heavy atom. The van der Waals surface area contributed by atoms with Gasteiger partial charge in [0.25, 0.3) is 5.91 Å². The predicted octanol–water partition coefficient (Wildman–Crippen LogP) is 2.68. The van der Waals surface area contributed by atoms with E-state index in [1.54, 1.807) is 37.9 Å². The van der Waals surface area contributed by atoms with Crippen LogP contribution in [0.2, 0.25) is 0 Å². The van der Waals surface area contributed by atoms with Crippen molar-refractivity contribution in [2.24, 2.45) is 5.92 Å². The second-order valence-electron chi connectivity index (χ2n) is 5.87. The first-order chi connectivity index (χ1) is 9.40. The molecule has 2 atom stereocenters. The van der Waals surface area contributed by atoms with Crippen molar-refractivity contribution >= 4 is 5.91 Å². The van der Waals surface area contributed by atoms with E-state index in [1.807, 2.05) is 0 Å². The number of aliphatic hydroxyl groups is 1. The first-order valence-corrected chi connectivity index (χ1v) is 7.10. The molecule has 0 aromatic heterocycles. The Morgan fingerprint density at radius 1 is 1.35 bits per heavy atom. The number of hydrogen-bond donors (Lipinski definition) is 1. The van der Waals surface area contributed by atoms with Gasteiger partial charge in [-0.2, -0.15) is 0 Å². The van der Waals surface area contributed by atoms with Crippen LogP contribution in [-0.2, 0) is 0 Å². The number of rotatable bonds is 3. The maximum atomic E-state index is 13.6. The van der Waals surface area contributed by atoms with Crippen LogP contribution >= 0.6 is 0 Å². The molecule has 0 heterocycles. The van der Waals surface area contributed by atoms with E-state index in [4.69, 9.17) is 0 Å². The Balaban J connectivity index is 2.10. The summed E-state index contributed by atoms with van der Waals surface area (Å²) in [5.41, 5.74) is 1.49. The molecule has 1 amide bonds. The lowest BCUT2D eigenvalue weighted by Crippen LogP contribution is -2.34. The zero-order chi connectivity index (χ0) is 14.9. The molecule has 0 spiro atoms. The van der Waals surface area contributed by atoms with Gasteiger partial charge >= 0.3 is 0 Å². The van der Waals surface area contributed by atoms with Gasteiger partial charge in [0.1, 0.15) is 5.82 Å². The van der Waals surface area contributed by atoms with Crippen molar-refractivity contribution in [3.8, 4) is 0 Å². The smallest absolute Gasteiger partial charge is 0.253 e. The molecule has 0 saturated heterocycles. The van der Waals surface area contributed by atoms with Gasteiger partial charge in [-0.25, -0.2) is 4.39 Å². The Hall–Kier alpha value is -1.42. The van der Waals surface area contributed by atoms with Crippen molar-refractivity contribution in [2.75, 3.05) is 13.6 Å². The molecule has 110 valence electrons. The second-order valence-corrected chi connectivity index (χ2v) is 5.87. The van der Waals surface area contributed by atoms with Gasteiger partial charge in [0.2, 0.25) is 0 Å². The van der Waals surface area contributed by atoms with E-state index in [0.717, 1.165) is 19.3 Å². The third-order valence-corrected chi connectivity index (χ3v) is 4.16. The van der Waals surface area contributed by atoms with E-state index in [-0.39, 0.29) is 23.7 Å². The summed E-state index contributed by atoms with van der Waals surface area (Å²) in [7, 11) is 1.74. The molecule has 2 rings (SSSR count). The summed E-state index contributed by atoms with van der Waals surface area (Å²) in [5, 5.41) is 9.83. The van der Waals surface area contributed by atoms with Crippen LogP contribution in [0.15, 0.2) is 12.1 Å². The number of nitrogens with zero attached hydrogens (tertiary/aromatic N) is 1. The minimum atomic E-state index is -0.304. The average molecular weight is 279 g/mol. The third-order valence-electron chi connectivity index (χ3n) is 4.16. The monoisotopic (exact) mass is 279 g/mol. The second kappa shape index (κ2) is 5.92. The maximum Gasteiger partial charge on any atom is 0.253 e.